The molecule has 1 fully saturated rings. The highest BCUT2D eigenvalue weighted by molar-refractivity contribution is 6.42. The molecule has 0 unspecified atom stereocenters. The smallest absolute Gasteiger partial charge is 0.121 e. The number of β-amino-alcohol motifs (C(OH)–C–C–N with tert-alkyl or cyclic N) is 1. The number of halogens is 2. The van der Waals surface area contributed by atoms with Crippen LogP contribution >= 0.6 is 23.2 Å². The van der Waals surface area contributed by atoms with Crippen molar-refractivity contribution in [1.82, 2.24) is 4.90 Å². The summed E-state index contributed by atoms with van der Waals surface area (Å²) in [5.41, 5.74) is 4.73. The molecule has 1 aliphatic heterocycles. The highest BCUT2D eigenvalue weighted by atomic mass is 35.5. The molecule has 1 aromatic carbocycles. The maximum absolute atomic E-state index is 10.0. The molecule has 1 atom stereocenters. The van der Waals surface area contributed by atoms with Crippen molar-refractivity contribution in [3.63, 3.8) is 0 Å². The van der Waals surface area contributed by atoms with Crippen molar-refractivity contribution >= 4 is 23.2 Å². The summed E-state index contributed by atoms with van der Waals surface area (Å²) in [6.07, 6.45) is 2.00. The number of nitrogens with zero attached hydrogens (tertiary/aromatic N) is 1. The summed E-state index contributed by atoms with van der Waals surface area (Å²) in [7, 11) is 0. The standard InChI is InChI=1S/C15H22Cl2N2O2/c1-15(20,9-18)10-19-6-4-11(5-7-19)21-12-2-3-13(16)14(17)8-12/h2-3,8,11,20H,4-7,9-10,18H2,1H3/t15-/m1/s1. The highest BCUT2D eigenvalue weighted by Crippen LogP contribution is 2.28. The fraction of sp³-hybridized carbons (Fsp3) is 0.600. The Morgan fingerprint density at radius 3 is 2.57 bits per heavy atom. The lowest BCUT2D eigenvalue weighted by molar-refractivity contribution is 0.00744. The van der Waals surface area contributed by atoms with Gasteiger partial charge < -0.3 is 20.5 Å². The van der Waals surface area contributed by atoms with E-state index in [-0.39, 0.29) is 12.6 Å². The minimum absolute atomic E-state index is 0.168. The quantitative estimate of drug-likeness (QED) is 0.869. The van der Waals surface area contributed by atoms with Gasteiger partial charge in [0.15, 0.2) is 0 Å². The predicted octanol–water partition coefficient (Wildman–Crippen LogP) is 2.55. The number of aliphatic hydroxyl groups is 1. The Balaban J connectivity index is 1.82. The normalized spacial score (nSPS) is 20.2. The number of likely N-dealkylation sites (tertiary alicyclic amines) is 1. The monoisotopic (exact) mass is 332 g/mol. The zero-order valence-corrected chi connectivity index (χ0v) is 13.7. The SMILES string of the molecule is C[C@@](O)(CN)CN1CCC(Oc2ccc(Cl)c(Cl)c2)CC1. The van der Waals surface area contributed by atoms with Crippen LogP contribution in [0, 0.1) is 0 Å². The Morgan fingerprint density at radius 1 is 1.33 bits per heavy atom. The molecule has 4 nitrogen and oxygen atoms in total. The van der Waals surface area contributed by atoms with Crippen LogP contribution in [-0.2, 0) is 0 Å². The molecule has 0 saturated carbocycles. The largest absolute Gasteiger partial charge is 0.490 e. The second-order valence-corrected chi connectivity index (χ2v) is 6.68. The third-order valence-electron chi connectivity index (χ3n) is 3.73. The third-order valence-corrected chi connectivity index (χ3v) is 4.47. The van der Waals surface area contributed by atoms with Gasteiger partial charge in [-0.2, -0.15) is 0 Å². The van der Waals surface area contributed by atoms with Gasteiger partial charge in [0.25, 0.3) is 0 Å². The van der Waals surface area contributed by atoms with Gasteiger partial charge in [-0.05, 0) is 31.9 Å². The van der Waals surface area contributed by atoms with E-state index >= 15 is 0 Å². The van der Waals surface area contributed by atoms with E-state index in [0.717, 1.165) is 31.7 Å². The molecule has 6 heteroatoms. The Kier molecular flexibility index (Phi) is 5.74. The van der Waals surface area contributed by atoms with Gasteiger partial charge in [0, 0.05) is 32.2 Å². The molecule has 1 heterocycles. The number of hydrogen-bond donors (Lipinski definition) is 2. The molecule has 21 heavy (non-hydrogen) atoms. The van der Waals surface area contributed by atoms with E-state index in [1.807, 2.05) is 6.07 Å². The fourth-order valence-electron chi connectivity index (χ4n) is 2.47. The number of nitrogens with two attached hydrogens (primary N) is 1. The molecule has 0 aliphatic carbocycles. The lowest BCUT2D eigenvalue weighted by atomic mass is 10.0. The van der Waals surface area contributed by atoms with E-state index < -0.39 is 5.60 Å². The third kappa shape index (κ3) is 5.01. The lowest BCUT2D eigenvalue weighted by Crippen LogP contribution is -2.49. The average molecular weight is 333 g/mol. The van der Waals surface area contributed by atoms with Crippen molar-refractivity contribution in [3.05, 3.63) is 28.2 Å². The van der Waals surface area contributed by atoms with Gasteiger partial charge in [0.05, 0.1) is 15.6 Å². The van der Waals surface area contributed by atoms with Gasteiger partial charge in [-0.15, -0.1) is 0 Å². The molecule has 0 aromatic heterocycles. The second-order valence-electron chi connectivity index (χ2n) is 5.87. The number of benzene rings is 1. The minimum Gasteiger partial charge on any atom is -0.490 e. The Morgan fingerprint density at radius 2 is 2.00 bits per heavy atom. The molecule has 0 spiro atoms. The Bertz CT molecular complexity index is 475. The molecule has 3 N–H and O–H groups in total. The van der Waals surface area contributed by atoms with Gasteiger partial charge in [-0.3, -0.25) is 0 Å². The van der Waals surface area contributed by atoms with Gasteiger partial charge in [0.2, 0.25) is 0 Å². The van der Waals surface area contributed by atoms with Crippen LogP contribution in [0.3, 0.4) is 0 Å². The number of piperidine rings is 1. The first-order valence-corrected chi connectivity index (χ1v) is 7.92. The number of hydrogen-bond acceptors (Lipinski definition) is 4. The Labute approximate surface area is 135 Å². The summed E-state index contributed by atoms with van der Waals surface area (Å²) in [6.45, 7) is 4.42. The van der Waals surface area contributed by atoms with E-state index in [1.165, 1.54) is 0 Å². The van der Waals surface area contributed by atoms with Crippen LogP contribution in [0.1, 0.15) is 19.8 Å². The minimum atomic E-state index is -0.822. The lowest BCUT2D eigenvalue weighted by Gasteiger charge is -2.36. The van der Waals surface area contributed by atoms with Gasteiger partial charge in [-0.1, -0.05) is 23.2 Å². The van der Waals surface area contributed by atoms with Crippen LogP contribution < -0.4 is 10.5 Å². The van der Waals surface area contributed by atoms with Gasteiger partial charge in [-0.25, -0.2) is 0 Å². The highest BCUT2D eigenvalue weighted by Gasteiger charge is 2.26. The fourth-order valence-corrected chi connectivity index (χ4v) is 2.76. The van der Waals surface area contributed by atoms with E-state index in [4.69, 9.17) is 33.7 Å². The molecular formula is C15H22Cl2N2O2. The molecular weight excluding hydrogens is 311 g/mol. The van der Waals surface area contributed by atoms with Crippen molar-refractivity contribution in [2.45, 2.75) is 31.5 Å². The van der Waals surface area contributed by atoms with Crippen LogP contribution in [0.2, 0.25) is 10.0 Å². The van der Waals surface area contributed by atoms with E-state index in [9.17, 15) is 5.11 Å². The van der Waals surface area contributed by atoms with Crippen LogP contribution in [0.15, 0.2) is 18.2 Å². The summed E-state index contributed by atoms with van der Waals surface area (Å²) < 4.78 is 5.94. The maximum atomic E-state index is 10.0. The zero-order valence-electron chi connectivity index (χ0n) is 12.2. The molecule has 118 valence electrons. The molecule has 0 bridgehead atoms. The molecule has 1 aliphatic rings. The van der Waals surface area contributed by atoms with Crippen molar-refractivity contribution in [2.75, 3.05) is 26.2 Å². The maximum Gasteiger partial charge on any atom is 0.121 e. The van der Waals surface area contributed by atoms with Crippen molar-refractivity contribution < 1.29 is 9.84 Å². The number of rotatable bonds is 5. The van der Waals surface area contributed by atoms with E-state index in [2.05, 4.69) is 4.90 Å². The first kappa shape index (κ1) is 16.8. The van der Waals surface area contributed by atoms with Crippen LogP contribution in [0.5, 0.6) is 5.75 Å². The van der Waals surface area contributed by atoms with Crippen molar-refractivity contribution in [2.24, 2.45) is 5.73 Å². The van der Waals surface area contributed by atoms with E-state index in [0.29, 0.717) is 16.6 Å². The summed E-state index contributed by atoms with van der Waals surface area (Å²) >= 11 is 11.9. The Hall–Kier alpha value is -0.520. The second kappa shape index (κ2) is 7.16. The van der Waals surface area contributed by atoms with Crippen molar-refractivity contribution in [3.8, 4) is 5.75 Å². The van der Waals surface area contributed by atoms with E-state index in [1.54, 1.807) is 19.1 Å². The predicted molar refractivity (Wildman–Crippen MR) is 86.2 cm³/mol. The summed E-state index contributed by atoms with van der Waals surface area (Å²) in [4.78, 5) is 2.22. The van der Waals surface area contributed by atoms with Crippen LogP contribution in [0.25, 0.3) is 0 Å². The zero-order chi connectivity index (χ0) is 15.5. The van der Waals surface area contributed by atoms with Crippen LogP contribution in [-0.4, -0.2) is 47.9 Å². The average Bonchev–Trinajstić information content (AvgIpc) is 2.45. The first-order valence-electron chi connectivity index (χ1n) is 7.16. The summed E-state index contributed by atoms with van der Waals surface area (Å²) in [5.74, 6) is 0.747. The molecule has 0 amide bonds. The van der Waals surface area contributed by atoms with Crippen molar-refractivity contribution in [1.29, 1.82) is 0 Å². The van der Waals surface area contributed by atoms with Crippen LogP contribution in [0.4, 0.5) is 0 Å². The topological polar surface area (TPSA) is 58.7 Å². The van der Waals surface area contributed by atoms with Gasteiger partial charge in [0.1, 0.15) is 11.9 Å². The first-order chi connectivity index (χ1) is 9.89. The number of ether oxygens (including phenoxy) is 1. The molecule has 0 radical (unpaired) electrons. The summed E-state index contributed by atoms with van der Waals surface area (Å²) in [5, 5.41) is 11.0. The summed E-state index contributed by atoms with van der Waals surface area (Å²) in [6, 6.07) is 5.32. The molecule has 2 rings (SSSR count). The molecule has 1 aromatic rings. The molecule has 1 saturated heterocycles. The van der Waals surface area contributed by atoms with Gasteiger partial charge >= 0.3 is 0 Å².